The lowest BCUT2D eigenvalue weighted by molar-refractivity contribution is 0.0935. The number of hydrogen-bond acceptors (Lipinski definition) is 3. The Morgan fingerprint density at radius 2 is 2.39 bits per heavy atom. The molecule has 0 saturated heterocycles. The summed E-state index contributed by atoms with van der Waals surface area (Å²) in [6.45, 7) is 4.00. The van der Waals surface area contributed by atoms with Crippen molar-refractivity contribution in [2.45, 2.75) is 32.2 Å². The summed E-state index contributed by atoms with van der Waals surface area (Å²) in [7, 11) is 0. The Bertz CT molecular complexity index is 410. The Kier molecular flexibility index (Phi) is 4.25. The molecule has 5 heteroatoms. The highest BCUT2D eigenvalue weighted by molar-refractivity contribution is 5.93. The molecule has 0 radical (unpaired) electrons. The van der Waals surface area contributed by atoms with Crippen LogP contribution in [0.1, 0.15) is 42.7 Å². The van der Waals surface area contributed by atoms with Gasteiger partial charge in [-0.05, 0) is 32.3 Å². The predicted molar refractivity (Wildman–Crippen MR) is 70.6 cm³/mol. The molecule has 3 N–H and O–H groups in total. The van der Waals surface area contributed by atoms with Gasteiger partial charge in [0.2, 0.25) is 0 Å². The molecule has 1 aliphatic carbocycles. The average molecular weight is 251 g/mol. The van der Waals surface area contributed by atoms with E-state index in [2.05, 4.69) is 5.32 Å². The van der Waals surface area contributed by atoms with Gasteiger partial charge in [-0.15, -0.1) is 0 Å². The van der Waals surface area contributed by atoms with Crippen molar-refractivity contribution in [2.24, 2.45) is 0 Å². The summed E-state index contributed by atoms with van der Waals surface area (Å²) in [4.78, 5) is 12.0. The van der Waals surface area contributed by atoms with Crippen molar-refractivity contribution in [3.8, 4) is 0 Å². The minimum Gasteiger partial charge on any atom is -0.397 e. The van der Waals surface area contributed by atoms with E-state index in [1.807, 2.05) is 17.7 Å². The molecule has 1 aromatic rings. The van der Waals surface area contributed by atoms with Crippen LogP contribution in [-0.2, 0) is 4.74 Å². The summed E-state index contributed by atoms with van der Waals surface area (Å²) < 4.78 is 7.21. The predicted octanol–water partition coefficient (Wildman–Crippen LogP) is 1.56. The number of amides is 1. The van der Waals surface area contributed by atoms with Gasteiger partial charge in [0.05, 0.1) is 5.69 Å². The Labute approximate surface area is 107 Å². The third kappa shape index (κ3) is 3.26. The van der Waals surface area contributed by atoms with Gasteiger partial charge >= 0.3 is 0 Å². The zero-order valence-corrected chi connectivity index (χ0v) is 10.8. The number of hydrogen-bond donors (Lipinski definition) is 2. The van der Waals surface area contributed by atoms with Crippen molar-refractivity contribution in [1.82, 2.24) is 9.88 Å². The molecular formula is C13H21N3O2. The first-order valence-electron chi connectivity index (χ1n) is 6.55. The van der Waals surface area contributed by atoms with E-state index in [1.165, 1.54) is 0 Å². The number of carbonyl (C=O) groups excluding carboxylic acids is 1. The van der Waals surface area contributed by atoms with Crippen LogP contribution in [0.15, 0.2) is 12.3 Å². The molecule has 5 nitrogen and oxygen atoms in total. The van der Waals surface area contributed by atoms with Gasteiger partial charge in [0.15, 0.2) is 0 Å². The van der Waals surface area contributed by atoms with Crippen molar-refractivity contribution in [3.63, 3.8) is 0 Å². The Morgan fingerprint density at radius 3 is 3.06 bits per heavy atom. The number of nitrogens with zero attached hydrogens (tertiary/aromatic N) is 1. The van der Waals surface area contributed by atoms with E-state index in [4.69, 9.17) is 10.5 Å². The van der Waals surface area contributed by atoms with E-state index in [0.29, 0.717) is 30.6 Å². The number of ether oxygens (including phenoxy) is 1. The first kappa shape index (κ1) is 13.0. The molecule has 0 aromatic carbocycles. The maximum Gasteiger partial charge on any atom is 0.267 e. The van der Waals surface area contributed by atoms with Crippen molar-refractivity contribution < 1.29 is 9.53 Å². The number of nitrogens with one attached hydrogen (secondary N) is 1. The minimum atomic E-state index is -0.0462. The van der Waals surface area contributed by atoms with Gasteiger partial charge in [-0.3, -0.25) is 4.79 Å². The second-order valence-corrected chi connectivity index (χ2v) is 4.60. The van der Waals surface area contributed by atoms with Crippen LogP contribution >= 0.6 is 0 Å². The zero-order valence-electron chi connectivity index (χ0n) is 10.8. The van der Waals surface area contributed by atoms with Crippen LogP contribution in [0.2, 0.25) is 0 Å². The zero-order chi connectivity index (χ0) is 13.0. The van der Waals surface area contributed by atoms with Gasteiger partial charge in [-0.2, -0.15) is 0 Å². The molecule has 1 saturated carbocycles. The largest absolute Gasteiger partial charge is 0.397 e. The number of aromatic nitrogens is 1. The van der Waals surface area contributed by atoms with Gasteiger partial charge < -0.3 is 20.4 Å². The lowest BCUT2D eigenvalue weighted by atomic mass is 10.3. The molecule has 2 rings (SSSR count). The van der Waals surface area contributed by atoms with Crippen molar-refractivity contribution in [3.05, 3.63) is 18.0 Å². The molecule has 1 aromatic heterocycles. The molecule has 18 heavy (non-hydrogen) atoms. The highest BCUT2D eigenvalue weighted by Crippen LogP contribution is 2.37. The molecule has 1 fully saturated rings. The van der Waals surface area contributed by atoms with Crippen molar-refractivity contribution in [1.29, 1.82) is 0 Å². The fourth-order valence-corrected chi connectivity index (χ4v) is 1.95. The summed E-state index contributed by atoms with van der Waals surface area (Å²) in [6, 6.07) is 2.21. The summed E-state index contributed by atoms with van der Waals surface area (Å²) in [6.07, 6.45) is 4.96. The van der Waals surface area contributed by atoms with Gasteiger partial charge in [0.1, 0.15) is 5.69 Å². The molecule has 1 heterocycles. The van der Waals surface area contributed by atoms with E-state index in [9.17, 15) is 4.79 Å². The normalized spacial score (nSPS) is 14.7. The van der Waals surface area contributed by atoms with Gasteiger partial charge in [-0.1, -0.05) is 0 Å². The van der Waals surface area contributed by atoms with Crippen LogP contribution in [-0.4, -0.2) is 30.2 Å². The quantitative estimate of drug-likeness (QED) is 0.723. The topological polar surface area (TPSA) is 69.3 Å². The third-order valence-corrected chi connectivity index (χ3v) is 3.00. The van der Waals surface area contributed by atoms with Crippen LogP contribution in [0.25, 0.3) is 0 Å². The maximum atomic E-state index is 12.0. The lowest BCUT2D eigenvalue weighted by Gasteiger charge is -2.08. The van der Waals surface area contributed by atoms with Crippen LogP contribution in [0.5, 0.6) is 0 Å². The number of carbonyl (C=O) groups is 1. The SMILES string of the molecule is CCOCCCNC(=O)c1cc(N)cn1C1CC1. The summed E-state index contributed by atoms with van der Waals surface area (Å²) in [5.74, 6) is -0.0462. The van der Waals surface area contributed by atoms with E-state index >= 15 is 0 Å². The van der Waals surface area contributed by atoms with Gasteiger partial charge in [0, 0.05) is 32.0 Å². The van der Waals surface area contributed by atoms with Gasteiger partial charge in [0.25, 0.3) is 5.91 Å². The highest BCUT2D eigenvalue weighted by Gasteiger charge is 2.27. The lowest BCUT2D eigenvalue weighted by Crippen LogP contribution is -2.27. The Balaban J connectivity index is 1.84. The average Bonchev–Trinajstić information content (AvgIpc) is 3.12. The number of rotatable bonds is 7. The number of nitrogens with two attached hydrogens (primary N) is 1. The Hall–Kier alpha value is -1.49. The van der Waals surface area contributed by atoms with Crippen LogP contribution < -0.4 is 11.1 Å². The summed E-state index contributed by atoms with van der Waals surface area (Å²) >= 11 is 0. The molecular weight excluding hydrogens is 230 g/mol. The van der Waals surface area contributed by atoms with Gasteiger partial charge in [-0.25, -0.2) is 0 Å². The smallest absolute Gasteiger partial charge is 0.267 e. The van der Waals surface area contributed by atoms with E-state index in [0.717, 1.165) is 25.9 Å². The third-order valence-electron chi connectivity index (χ3n) is 3.00. The first-order chi connectivity index (χ1) is 8.72. The van der Waals surface area contributed by atoms with Crippen molar-refractivity contribution in [2.75, 3.05) is 25.5 Å². The maximum absolute atomic E-state index is 12.0. The van der Waals surface area contributed by atoms with Crippen LogP contribution in [0.3, 0.4) is 0 Å². The van der Waals surface area contributed by atoms with Crippen LogP contribution in [0, 0.1) is 0 Å². The molecule has 0 aliphatic heterocycles. The molecule has 0 spiro atoms. The minimum absolute atomic E-state index is 0.0462. The van der Waals surface area contributed by atoms with Crippen LogP contribution in [0.4, 0.5) is 5.69 Å². The highest BCUT2D eigenvalue weighted by atomic mass is 16.5. The number of anilines is 1. The van der Waals surface area contributed by atoms with Crippen molar-refractivity contribution >= 4 is 11.6 Å². The molecule has 0 atom stereocenters. The fraction of sp³-hybridized carbons (Fsp3) is 0.615. The summed E-state index contributed by atoms with van der Waals surface area (Å²) in [5.41, 5.74) is 7.08. The molecule has 0 unspecified atom stereocenters. The van der Waals surface area contributed by atoms with E-state index in [-0.39, 0.29) is 5.91 Å². The molecule has 1 amide bonds. The molecule has 1 aliphatic rings. The molecule has 100 valence electrons. The Morgan fingerprint density at radius 1 is 1.61 bits per heavy atom. The second kappa shape index (κ2) is 5.91. The van der Waals surface area contributed by atoms with E-state index < -0.39 is 0 Å². The monoisotopic (exact) mass is 251 g/mol. The summed E-state index contributed by atoms with van der Waals surface area (Å²) in [5, 5.41) is 2.90. The number of nitrogen functional groups attached to an aromatic ring is 1. The standard InChI is InChI=1S/C13H21N3O2/c1-2-18-7-3-6-15-13(17)12-8-10(14)9-16(12)11-4-5-11/h8-9,11H,2-7,14H2,1H3,(H,15,17). The first-order valence-corrected chi connectivity index (χ1v) is 6.55. The fourth-order valence-electron chi connectivity index (χ4n) is 1.95. The molecule has 0 bridgehead atoms. The van der Waals surface area contributed by atoms with E-state index in [1.54, 1.807) is 6.07 Å². The second-order valence-electron chi connectivity index (χ2n) is 4.60.